The van der Waals surface area contributed by atoms with Crippen molar-refractivity contribution >= 4 is 6.09 Å². The highest BCUT2D eigenvalue weighted by atomic mass is 19.1. The highest BCUT2D eigenvalue weighted by Gasteiger charge is 2.14. The van der Waals surface area contributed by atoms with E-state index in [0.29, 0.717) is 5.56 Å². The molecule has 0 fully saturated rings. The average Bonchev–Trinajstić information content (AvgIpc) is 2.28. The maximum Gasteiger partial charge on any atom is 0.404 e. The first kappa shape index (κ1) is 14.2. The number of nitrogens with one attached hydrogen (secondary N) is 1. The van der Waals surface area contributed by atoms with Crippen LogP contribution in [0.1, 0.15) is 25.5 Å². The molecule has 1 aromatic heterocycles. The summed E-state index contributed by atoms with van der Waals surface area (Å²) >= 11 is 0. The molecule has 6 nitrogen and oxygen atoms in total. The molecule has 1 aromatic rings. The van der Waals surface area contributed by atoms with Crippen LogP contribution in [0.15, 0.2) is 12.3 Å². The van der Waals surface area contributed by atoms with Crippen molar-refractivity contribution in [2.75, 3.05) is 6.54 Å². The van der Waals surface area contributed by atoms with Crippen molar-refractivity contribution in [3.8, 4) is 5.88 Å². The Morgan fingerprint density at radius 2 is 2.33 bits per heavy atom. The second-order valence-corrected chi connectivity index (χ2v) is 3.95. The quantitative estimate of drug-likeness (QED) is 0.738. The van der Waals surface area contributed by atoms with Gasteiger partial charge in [-0.15, -0.1) is 0 Å². The van der Waals surface area contributed by atoms with Crippen molar-refractivity contribution in [3.05, 3.63) is 23.6 Å². The van der Waals surface area contributed by atoms with Crippen LogP contribution in [0.3, 0.4) is 0 Å². The topological polar surface area (TPSA) is 97.5 Å². The van der Waals surface area contributed by atoms with Gasteiger partial charge in [0, 0.05) is 11.6 Å². The number of hydrogen-bond acceptors (Lipinski definition) is 4. The maximum absolute atomic E-state index is 13.0. The molecule has 1 amide bonds. The number of carboxylic acid groups (broad SMARTS) is 1. The molecular formula is C11H16FN3O3. The number of halogens is 1. The first-order valence-electron chi connectivity index (χ1n) is 5.44. The highest BCUT2D eigenvalue weighted by molar-refractivity contribution is 5.64. The van der Waals surface area contributed by atoms with Gasteiger partial charge in [-0.2, -0.15) is 0 Å². The van der Waals surface area contributed by atoms with Crippen molar-refractivity contribution < 1.29 is 19.0 Å². The number of ether oxygens (including phenoxy) is 1. The molecule has 2 unspecified atom stereocenters. The maximum atomic E-state index is 13.0. The lowest BCUT2D eigenvalue weighted by atomic mass is 10.1. The van der Waals surface area contributed by atoms with Crippen molar-refractivity contribution in [3.63, 3.8) is 0 Å². The van der Waals surface area contributed by atoms with E-state index in [9.17, 15) is 9.18 Å². The molecule has 2 atom stereocenters. The number of nitrogens with zero attached hydrogens (tertiary/aromatic N) is 1. The molecule has 0 radical (unpaired) electrons. The smallest absolute Gasteiger partial charge is 0.404 e. The van der Waals surface area contributed by atoms with E-state index in [2.05, 4.69) is 10.3 Å². The Labute approximate surface area is 104 Å². The van der Waals surface area contributed by atoms with E-state index in [1.807, 2.05) is 0 Å². The highest BCUT2D eigenvalue weighted by Crippen LogP contribution is 2.22. The molecule has 18 heavy (non-hydrogen) atoms. The summed E-state index contributed by atoms with van der Waals surface area (Å²) in [6.07, 6.45) is -0.542. The summed E-state index contributed by atoms with van der Waals surface area (Å²) < 4.78 is 18.5. The van der Waals surface area contributed by atoms with Crippen LogP contribution in [0.5, 0.6) is 5.88 Å². The molecule has 0 bridgehead atoms. The molecule has 1 heterocycles. The molecule has 0 saturated heterocycles. The van der Waals surface area contributed by atoms with Crippen molar-refractivity contribution in [1.82, 2.24) is 10.3 Å². The van der Waals surface area contributed by atoms with E-state index in [1.165, 1.54) is 6.07 Å². The van der Waals surface area contributed by atoms with E-state index in [0.717, 1.165) is 6.20 Å². The van der Waals surface area contributed by atoms with E-state index in [4.69, 9.17) is 15.6 Å². The lowest BCUT2D eigenvalue weighted by Crippen LogP contribution is -2.33. The van der Waals surface area contributed by atoms with Gasteiger partial charge in [0.15, 0.2) is 0 Å². The summed E-state index contributed by atoms with van der Waals surface area (Å²) in [6.45, 7) is 3.46. The van der Waals surface area contributed by atoms with Crippen LogP contribution in [0.4, 0.5) is 9.18 Å². The number of carbonyl (C=O) groups is 1. The summed E-state index contributed by atoms with van der Waals surface area (Å²) in [7, 11) is 0. The van der Waals surface area contributed by atoms with E-state index in [1.54, 1.807) is 13.8 Å². The van der Waals surface area contributed by atoms with E-state index >= 15 is 0 Å². The number of hydrogen-bond donors (Lipinski definition) is 3. The van der Waals surface area contributed by atoms with Gasteiger partial charge in [-0.3, -0.25) is 0 Å². The van der Waals surface area contributed by atoms with E-state index < -0.39 is 24.1 Å². The lowest BCUT2D eigenvalue weighted by Gasteiger charge is -2.17. The molecule has 0 aliphatic rings. The molecule has 7 heteroatoms. The monoisotopic (exact) mass is 257 g/mol. The zero-order chi connectivity index (χ0) is 13.7. The zero-order valence-corrected chi connectivity index (χ0v) is 10.2. The summed E-state index contributed by atoms with van der Waals surface area (Å²) in [5, 5.41) is 10.6. The molecule has 4 N–H and O–H groups in total. The second kappa shape index (κ2) is 6.15. The molecule has 0 spiro atoms. The molecular weight excluding hydrogens is 241 g/mol. The first-order valence-corrected chi connectivity index (χ1v) is 5.44. The standard InChI is InChI=1S/C11H16FN3O3/c1-6(4-15-11(16)17)18-10-9(7(2)13)3-8(12)5-14-10/h3,5-7,15H,4,13H2,1-2H3,(H,16,17). The van der Waals surface area contributed by atoms with Crippen molar-refractivity contribution in [2.45, 2.75) is 26.0 Å². The second-order valence-electron chi connectivity index (χ2n) is 3.95. The number of amides is 1. The molecule has 0 aromatic carbocycles. The Morgan fingerprint density at radius 3 is 2.89 bits per heavy atom. The van der Waals surface area contributed by atoms with Gasteiger partial charge in [0.25, 0.3) is 0 Å². The molecule has 0 saturated carbocycles. The largest absolute Gasteiger partial charge is 0.473 e. The minimum Gasteiger partial charge on any atom is -0.473 e. The Morgan fingerprint density at radius 1 is 1.67 bits per heavy atom. The van der Waals surface area contributed by atoms with Crippen LogP contribution in [0, 0.1) is 5.82 Å². The van der Waals surface area contributed by atoms with Crippen LogP contribution < -0.4 is 15.8 Å². The molecule has 0 aliphatic heterocycles. The van der Waals surface area contributed by atoms with Gasteiger partial charge in [-0.1, -0.05) is 0 Å². The number of aromatic nitrogens is 1. The zero-order valence-electron chi connectivity index (χ0n) is 10.2. The number of rotatable bonds is 5. The third kappa shape index (κ3) is 4.17. The van der Waals surface area contributed by atoms with Crippen LogP contribution in [0.25, 0.3) is 0 Å². The minimum atomic E-state index is -1.13. The van der Waals surface area contributed by atoms with Crippen LogP contribution in [-0.4, -0.2) is 28.8 Å². The van der Waals surface area contributed by atoms with E-state index in [-0.39, 0.29) is 12.4 Å². The van der Waals surface area contributed by atoms with Gasteiger partial charge in [0.1, 0.15) is 11.9 Å². The Bertz CT molecular complexity index is 426. The SMILES string of the molecule is CC(CNC(=O)O)Oc1ncc(F)cc1C(C)N. The van der Waals surface area contributed by atoms with Gasteiger partial charge in [-0.05, 0) is 19.9 Å². The molecule has 0 aliphatic carbocycles. The van der Waals surface area contributed by atoms with Gasteiger partial charge in [0.2, 0.25) is 5.88 Å². The first-order chi connectivity index (χ1) is 8.40. The Balaban J connectivity index is 2.74. The number of nitrogens with two attached hydrogens (primary N) is 1. The van der Waals surface area contributed by atoms with Gasteiger partial charge in [-0.25, -0.2) is 14.2 Å². The molecule has 1 rings (SSSR count). The summed E-state index contributed by atoms with van der Waals surface area (Å²) in [4.78, 5) is 14.1. The predicted molar refractivity (Wildman–Crippen MR) is 62.9 cm³/mol. The van der Waals surface area contributed by atoms with Gasteiger partial charge >= 0.3 is 6.09 Å². The number of pyridine rings is 1. The van der Waals surface area contributed by atoms with Crippen LogP contribution in [-0.2, 0) is 0 Å². The third-order valence-corrected chi connectivity index (χ3v) is 2.19. The summed E-state index contributed by atoms with van der Waals surface area (Å²) in [6, 6.07) is 0.826. The van der Waals surface area contributed by atoms with Gasteiger partial charge < -0.3 is 20.9 Å². The summed E-state index contributed by atoms with van der Waals surface area (Å²) in [5.74, 6) is -0.281. The third-order valence-electron chi connectivity index (χ3n) is 2.19. The molecule has 100 valence electrons. The summed E-state index contributed by atoms with van der Waals surface area (Å²) in [5.41, 5.74) is 6.13. The van der Waals surface area contributed by atoms with Crippen molar-refractivity contribution in [1.29, 1.82) is 0 Å². The predicted octanol–water partition coefficient (Wildman–Crippen LogP) is 1.28. The van der Waals surface area contributed by atoms with Crippen LogP contribution in [0.2, 0.25) is 0 Å². The minimum absolute atomic E-state index is 0.104. The fraction of sp³-hybridized carbons (Fsp3) is 0.455. The lowest BCUT2D eigenvalue weighted by molar-refractivity contribution is 0.175. The fourth-order valence-corrected chi connectivity index (χ4v) is 1.33. The average molecular weight is 257 g/mol. The fourth-order valence-electron chi connectivity index (χ4n) is 1.33. The normalized spacial score (nSPS) is 13.8. The van der Waals surface area contributed by atoms with Gasteiger partial charge in [0.05, 0.1) is 12.7 Å². The van der Waals surface area contributed by atoms with Crippen LogP contribution >= 0.6 is 0 Å². The van der Waals surface area contributed by atoms with Crippen molar-refractivity contribution in [2.24, 2.45) is 5.73 Å². The Kier molecular flexibility index (Phi) is 4.85. The Hall–Kier alpha value is -1.89.